The fourth-order valence-corrected chi connectivity index (χ4v) is 2.80. The molecular formula is C20H23N5O. The summed E-state index contributed by atoms with van der Waals surface area (Å²) in [4.78, 5) is 16.2. The third-order valence-corrected chi connectivity index (χ3v) is 4.29. The van der Waals surface area contributed by atoms with Crippen molar-refractivity contribution < 1.29 is 4.79 Å². The molecule has 0 bridgehead atoms. The Bertz CT molecular complexity index is 859. The summed E-state index contributed by atoms with van der Waals surface area (Å²) in [6, 6.07) is 15.6. The standard InChI is InChI=1S/C20H23N5O/c1-15-19(13-23-20(26)22-12-18-10-6-7-11-21-18)16(2)25(24-15)14-17-8-4-3-5-9-17/h3-11H,12-14H2,1-2H3,(H2,22,23,26). The van der Waals surface area contributed by atoms with Gasteiger partial charge in [-0.25, -0.2) is 4.79 Å². The average molecular weight is 349 g/mol. The van der Waals surface area contributed by atoms with E-state index in [4.69, 9.17) is 0 Å². The number of aromatic nitrogens is 3. The lowest BCUT2D eigenvalue weighted by molar-refractivity contribution is 0.240. The molecule has 0 saturated carbocycles. The number of urea groups is 1. The summed E-state index contributed by atoms with van der Waals surface area (Å²) >= 11 is 0. The van der Waals surface area contributed by atoms with Crippen LogP contribution in [0, 0.1) is 13.8 Å². The van der Waals surface area contributed by atoms with Crippen molar-refractivity contribution in [1.82, 2.24) is 25.4 Å². The van der Waals surface area contributed by atoms with E-state index in [1.165, 1.54) is 5.56 Å². The summed E-state index contributed by atoms with van der Waals surface area (Å²) in [7, 11) is 0. The van der Waals surface area contributed by atoms with Gasteiger partial charge in [-0.2, -0.15) is 5.10 Å². The Morgan fingerprint density at radius 1 is 1.00 bits per heavy atom. The van der Waals surface area contributed by atoms with E-state index in [0.717, 1.165) is 29.2 Å². The largest absolute Gasteiger partial charge is 0.334 e. The van der Waals surface area contributed by atoms with E-state index in [1.54, 1.807) is 6.20 Å². The minimum atomic E-state index is -0.217. The minimum Gasteiger partial charge on any atom is -0.334 e. The van der Waals surface area contributed by atoms with E-state index >= 15 is 0 Å². The van der Waals surface area contributed by atoms with E-state index in [0.29, 0.717) is 13.1 Å². The molecule has 0 saturated heterocycles. The quantitative estimate of drug-likeness (QED) is 0.719. The molecule has 3 rings (SSSR count). The number of amides is 2. The second-order valence-electron chi connectivity index (χ2n) is 6.15. The van der Waals surface area contributed by atoms with Gasteiger partial charge in [-0.15, -0.1) is 0 Å². The maximum absolute atomic E-state index is 12.0. The highest BCUT2D eigenvalue weighted by atomic mass is 16.2. The van der Waals surface area contributed by atoms with E-state index < -0.39 is 0 Å². The highest BCUT2D eigenvalue weighted by Gasteiger charge is 2.12. The van der Waals surface area contributed by atoms with Crippen molar-refractivity contribution in [2.45, 2.75) is 33.5 Å². The summed E-state index contributed by atoms with van der Waals surface area (Å²) in [5, 5.41) is 10.3. The molecule has 2 amide bonds. The molecule has 2 heterocycles. The summed E-state index contributed by atoms with van der Waals surface area (Å²) in [5.41, 5.74) is 5.07. The summed E-state index contributed by atoms with van der Waals surface area (Å²) in [6.07, 6.45) is 1.71. The van der Waals surface area contributed by atoms with Crippen LogP contribution in [-0.2, 0) is 19.6 Å². The fraction of sp³-hybridized carbons (Fsp3) is 0.250. The van der Waals surface area contributed by atoms with Gasteiger partial charge in [0.1, 0.15) is 0 Å². The van der Waals surface area contributed by atoms with E-state index in [1.807, 2.05) is 54.9 Å². The molecule has 0 aliphatic rings. The first-order chi connectivity index (χ1) is 12.6. The first-order valence-electron chi connectivity index (χ1n) is 8.62. The van der Waals surface area contributed by atoms with Gasteiger partial charge in [0.15, 0.2) is 0 Å². The number of aryl methyl sites for hydroxylation is 1. The number of benzene rings is 1. The predicted molar refractivity (Wildman–Crippen MR) is 101 cm³/mol. The molecule has 0 spiro atoms. The lowest BCUT2D eigenvalue weighted by atomic mass is 10.2. The number of hydrogen-bond acceptors (Lipinski definition) is 3. The normalized spacial score (nSPS) is 10.5. The van der Waals surface area contributed by atoms with Crippen LogP contribution in [0.2, 0.25) is 0 Å². The van der Waals surface area contributed by atoms with Crippen molar-refractivity contribution in [3.05, 3.63) is 82.9 Å². The molecule has 0 aliphatic carbocycles. The number of pyridine rings is 1. The van der Waals surface area contributed by atoms with Gasteiger partial charge in [0.2, 0.25) is 0 Å². The predicted octanol–water partition coefficient (Wildman–Crippen LogP) is 2.94. The van der Waals surface area contributed by atoms with Crippen LogP contribution in [0.25, 0.3) is 0 Å². The van der Waals surface area contributed by atoms with Gasteiger partial charge in [0.25, 0.3) is 0 Å². The molecule has 2 N–H and O–H groups in total. The molecule has 0 fully saturated rings. The van der Waals surface area contributed by atoms with Gasteiger partial charge >= 0.3 is 6.03 Å². The maximum atomic E-state index is 12.0. The molecule has 6 nitrogen and oxygen atoms in total. The zero-order valence-electron chi connectivity index (χ0n) is 15.1. The Morgan fingerprint density at radius 2 is 1.73 bits per heavy atom. The topological polar surface area (TPSA) is 71.8 Å². The van der Waals surface area contributed by atoms with Crippen LogP contribution in [0.1, 0.15) is 28.2 Å². The first kappa shape index (κ1) is 17.7. The van der Waals surface area contributed by atoms with Gasteiger partial charge in [-0.05, 0) is 31.5 Å². The number of nitrogens with one attached hydrogen (secondary N) is 2. The molecule has 134 valence electrons. The zero-order chi connectivity index (χ0) is 18.4. The Hall–Kier alpha value is -3.15. The van der Waals surface area contributed by atoms with Crippen LogP contribution in [0.4, 0.5) is 4.79 Å². The van der Waals surface area contributed by atoms with Crippen LogP contribution in [0.15, 0.2) is 54.7 Å². The van der Waals surface area contributed by atoms with Crippen molar-refractivity contribution in [1.29, 1.82) is 0 Å². The number of nitrogens with zero attached hydrogens (tertiary/aromatic N) is 3. The molecule has 0 aliphatic heterocycles. The molecule has 3 aromatic rings. The molecule has 0 radical (unpaired) electrons. The molecule has 0 atom stereocenters. The zero-order valence-corrected chi connectivity index (χ0v) is 15.1. The van der Waals surface area contributed by atoms with Gasteiger partial charge in [-0.1, -0.05) is 36.4 Å². The Kier molecular flexibility index (Phi) is 5.63. The lowest BCUT2D eigenvalue weighted by Gasteiger charge is -2.08. The van der Waals surface area contributed by atoms with Gasteiger partial charge in [0.05, 0.1) is 24.5 Å². The van der Waals surface area contributed by atoms with Gasteiger partial charge in [-0.3, -0.25) is 9.67 Å². The highest BCUT2D eigenvalue weighted by Crippen LogP contribution is 2.14. The van der Waals surface area contributed by atoms with Crippen LogP contribution in [-0.4, -0.2) is 20.8 Å². The van der Waals surface area contributed by atoms with Crippen molar-refractivity contribution in [3.8, 4) is 0 Å². The molecule has 2 aromatic heterocycles. The van der Waals surface area contributed by atoms with E-state index in [-0.39, 0.29) is 6.03 Å². The van der Waals surface area contributed by atoms with Crippen LogP contribution in [0.3, 0.4) is 0 Å². The smallest absolute Gasteiger partial charge is 0.315 e. The molecule has 1 aromatic carbocycles. The first-order valence-corrected chi connectivity index (χ1v) is 8.62. The average Bonchev–Trinajstić information content (AvgIpc) is 2.93. The maximum Gasteiger partial charge on any atom is 0.315 e. The number of rotatable bonds is 6. The van der Waals surface area contributed by atoms with Crippen LogP contribution < -0.4 is 10.6 Å². The van der Waals surface area contributed by atoms with E-state index in [9.17, 15) is 4.79 Å². The third-order valence-electron chi connectivity index (χ3n) is 4.29. The number of hydrogen-bond donors (Lipinski definition) is 2. The van der Waals surface area contributed by atoms with Crippen LogP contribution in [0.5, 0.6) is 0 Å². The van der Waals surface area contributed by atoms with Crippen molar-refractivity contribution in [3.63, 3.8) is 0 Å². The SMILES string of the molecule is Cc1nn(Cc2ccccc2)c(C)c1CNC(=O)NCc1ccccn1. The third kappa shape index (κ3) is 4.47. The molecular weight excluding hydrogens is 326 g/mol. The van der Waals surface area contributed by atoms with Crippen LogP contribution >= 0.6 is 0 Å². The van der Waals surface area contributed by atoms with Crippen molar-refractivity contribution in [2.75, 3.05) is 0 Å². The van der Waals surface area contributed by atoms with Gasteiger partial charge < -0.3 is 10.6 Å². The van der Waals surface area contributed by atoms with Crippen molar-refractivity contribution in [2.24, 2.45) is 0 Å². The highest BCUT2D eigenvalue weighted by molar-refractivity contribution is 5.73. The number of carbonyl (C=O) groups excluding carboxylic acids is 1. The minimum absolute atomic E-state index is 0.217. The summed E-state index contributed by atoms with van der Waals surface area (Å²) in [6.45, 7) is 5.57. The Labute approximate surface area is 153 Å². The lowest BCUT2D eigenvalue weighted by Crippen LogP contribution is -2.35. The monoisotopic (exact) mass is 349 g/mol. The number of carbonyl (C=O) groups is 1. The second kappa shape index (κ2) is 8.29. The fourth-order valence-electron chi connectivity index (χ4n) is 2.80. The summed E-state index contributed by atoms with van der Waals surface area (Å²) < 4.78 is 1.98. The van der Waals surface area contributed by atoms with Gasteiger partial charge in [0, 0.05) is 24.0 Å². The summed E-state index contributed by atoms with van der Waals surface area (Å²) in [5.74, 6) is 0. The molecule has 26 heavy (non-hydrogen) atoms. The molecule has 0 unspecified atom stereocenters. The molecule has 6 heteroatoms. The second-order valence-corrected chi connectivity index (χ2v) is 6.15. The Morgan fingerprint density at radius 3 is 2.46 bits per heavy atom. The van der Waals surface area contributed by atoms with Crippen molar-refractivity contribution >= 4 is 6.03 Å². The van der Waals surface area contributed by atoms with E-state index in [2.05, 4.69) is 32.8 Å². The Balaban J connectivity index is 1.57.